The van der Waals surface area contributed by atoms with Crippen LogP contribution in [0.5, 0.6) is 0 Å². The zero-order valence-electron chi connectivity index (χ0n) is 10.7. The molecule has 0 aliphatic carbocycles. The van der Waals surface area contributed by atoms with Gasteiger partial charge in [0.1, 0.15) is 11.5 Å². The van der Waals surface area contributed by atoms with Crippen LogP contribution in [0.2, 0.25) is 5.02 Å². The van der Waals surface area contributed by atoms with Crippen LogP contribution in [-0.2, 0) is 6.54 Å². The highest BCUT2D eigenvalue weighted by molar-refractivity contribution is 7.80. The van der Waals surface area contributed by atoms with Crippen molar-refractivity contribution in [3.63, 3.8) is 0 Å². The molecule has 0 radical (unpaired) electrons. The highest BCUT2D eigenvalue weighted by Crippen LogP contribution is 2.19. The van der Waals surface area contributed by atoms with E-state index in [1.165, 1.54) is 0 Å². The number of nitrogens with zero attached hydrogens (tertiary/aromatic N) is 1. The lowest BCUT2D eigenvalue weighted by molar-refractivity contribution is 0.478. The number of pyridine rings is 1. The summed E-state index contributed by atoms with van der Waals surface area (Å²) in [4.78, 5) is 4.18. The van der Waals surface area contributed by atoms with Gasteiger partial charge in [0.15, 0.2) is 10.9 Å². The van der Waals surface area contributed by atoms with Gasteiger partial charge in [-0.3, -0.25) is 0 Å². The van der Waals surface area contributed by atoms with E-state index in [1.807, 2.05) is 32.0 Å². The Labute approximate surface area is 122 Å². The molecule has 6 heteroatoms. The highest BCUT2D eigenvalue weighted by atomic mass is 35.5. The summed E-state index contributed by atoms with van der Waals surface area (Å²) in [7, 11) is 0. The molecule has 2 aromatic heterocycles. The smallest absolute Gasteiger partial charge is 0.172 e. The van der Waals surface area contributed by atoms with Gasteiger partial charge < -0.3 is 15.1 Å². The molecule has 19 heavy (non-hydrogen) atoms. The molecule has 0 atom stereocenters. The minimum atomic E-state index is 0.451. The van der Waals surface area contributed by atoms with Crippen molar-refractivity contribution in [1.29, 1.82) is 0 Å². The lowest BCUT2D eigenvalue weighted by atomic mass is 10.3. The van der Waals surface area contributed by atoms with Crippen LogP contribution in [0.4, 0.5) is 5.82 Å². The third-order valence-corrected chi connectivity index (χ3v) is 2.96. The number of hydrogen-bond donors (Lipinski definition) is 2. The molecule has 0 aromatic carbocycles. The lowest BCUT2D eigenvalue weighted by Gasteiger charge is -2.10. The van der Waals surface area contributed by atoms with Crippen LogP contribution in [0.1, 0.15) is 17.1 Å². The second kappa shape index (κ2) is 6.04. The summed E-state index contributed by atoms with van der Waals surface area (Å²) in [6.45, 7) is 4.34. The number of hydrogen-bond acceptors (Lipinski definition) is 3. The van der Waals surface area contributed by atoms with Crippen LogP contribution >= 0.6 is 23.8 Å². The Kier molecular flexibility index (Phi) is 4.39. The summed E-state index contributed by atoms with van der Waals surface area (Å²) in [5.74, 6) is 2.24. The fraction of sp³-hybridized carbons (Fsp3) is 0.231. The molecule has 0 aliphatic rings. The summed E-state index contributed by atoms with van der Waals surface area (Å²) < 4.78 is 5.43. The number of nitrogens with one attached hydrogen (secondary N) is 2. The second-order valence-electron chi connectivity index (χ2n) is 4.16. The van der Waals surface area contributed by atoms with Gasteiger partial charge >= 0.3 is 0 Å². The molecule has 0 aliphatic heterocycles. The number of thiocarbonyl (C=S) groups is 1. The topological polar surface area (TPSA) is 50.1 Å². The van der Waals surface area contributed by atoms with Gasteiger partial charge in [-0.05, 0) is 49.8 Å². The standard InChI is InChI=1S/C13H14ClN3OS/c1-8-5-11(14)12(15-6-8)17-13(19)16-7-10-4-3-9(2)18-10/h3-6H,7H2,1-2H3,(H2,15,16,17,19). The minimum absolute atomic E-state index is 0.451. The van der Waals surface area contributed by atoms with E-state index in [9.17, 15) is 0 Å². The summed E-state index contributed by atoms with van der Waals surface area (Å²) in [5.41, 5.74) is 1.00. The van der Waals surface area contributed by atoms with Gasteiger partial charge in [0.05, 0.1) is 11.6 Å². The van der Waals surface area contributed by atoms with Crippen molar-refractivity contribution in [2.24, 2.45) is 0 Å². The Balaban J connectivity index is 1.90. The van der Waals surface area contributed by atoms with Gasteiger partial charge in [-0.2, -0.15) is 0 Å². The predicted octanol–water partition coefficient (Wildman–Crippen LogP) is 3.43. The summed E-state index contributed by atoms with van der Waals surface area (Å²) in [6.07, 6.45) is 1.73. The SMILES string of the molecule is Cc1cnc(NC(=S)NCc2ccc(C)o2)c(Cl)c1. The van der Waals surface area contributed by atoms with Crippen molar-refractivity contribution in [2.75, 3.05) is 5.32 Å². The van der Waals surface area contributed by atoms with E-state index in [2.05, 4.69) is 15.6 Å². The number of aromatic nitrogens is 1. The Hall–Kier alpha value is -1.59. The molecule has 4 nitrogen and oxygen atoms in total. The summed E-state index contributed by atoms with van der Waals surface area (Å²) >= 11 is 11.2. The van der Waals surface area contributed by atoms with Crippen molar-refractivity contribution in [3.05, 3.63) is 46.5 Å². The average molecular weight is 296 g/mol. The first-order valence-electron chi connectivity index (χ1n) is 5.77. The van der Waals surface area contributed by atoms with Gasteiger partial charge in [0.25, 0.3) is 0 Å². The van der Waals surface area contributed by atoms with Gasteiger partial charge in [-0.1, -0.05) is 11.6 Å². The molecule has 0 amide bonds. The predicted molar refractivity (Wildman–Crippen MR) is 80.5 cm³/mol. The molecule has 0 unspecified atom stereocenters. The molecule has 0 spiro atoms. The van der Waals surface area contributed by atoms with Gasteiger partial charge in [0.2, 0.25) is 0 Å². The Morgan fingerprint density at radius 3 is 2.84 bits per heavy atom. The molecular weight excluding hydrogens is 282 g/mol. The Morgan fingerprint density at radius 1 is 1.42 bits per heavy atom. The van der Waals surface area contributed by atoms with Crippen LogP contribution in [0, 0.1) is 13.8 Å². The number of aryl methyl sites for hydroxylation is 2. The van der Waals surface area contributed by atoms with Crippen LogP contribution < -0.4 is 10.6 Å². The molecule has 0 bridgehead atoms. The van der Waals surface area contributed by atoms with Crippen molar-refractivity contribution in [1.82, 2.24) is 10.3 Å². The van der Waals surface area contributed by atoms with Crippen LogP contribution in [0.25, 0.3) is 0 Å². The Bertz CT molecular complexity index is 597. The van der Waals surface area contributed by atoms with E-state index in [0.29, 0.717) is 22.5 Å². The number of rotatable bonds is 3. The van der Waals surface area contributed by atoms with Gasteiger partial charge in [-0.15, -0.1) is 0 Å². The minimum Gasteiger partial charge on any atom is -0.465 e. The summed E-state index contributed by atoms with van der Waals surface area (Å²) in [6, 6.07) is 5.64. The van der Waals surface area contributed by atoms with Crippen LogP contribution in [0.3, 0.4) is 0 Å². The first-order valence-corrected chi connectivity index (χ1v) is 6.55. The quantitative estimate of drug-likeness (QED) is 0.850. The zero-order chi connectivity index (χ0) is 13.8. The molecule has 100 valence electrons. The molecule has 0 saturated heterocycles. The van der Waals surface area contributed by atoms with Crippen molar-refractivity contribution in [2.45, 2.75) is 20.4 Å². The number of anilines is 1. The number of halogens is 1. The average Bonchev–Trinajstić information content (AvgIpc) is 2.76. The maximum atomic E-state index is 6.06. The molecule has 2 aromatic rings. The maximum absolute atomic E-state index is 6.06. The van der Waals surface area contributed by atoms with E-state index >= 15 is 0 Å². The van der Waals surface area contributed by atoms with E-state index < -0.39 is 0 Å². The van der Waals surface area contributed by atoms with Crippen LogP contribution in [-0.4, -0.2) is 10.1 Å². The first-order chi connectivity index (χ1) is 9.04. The van der Waals surface area contributed by atoms with Gasteiger partial charge in [-0.25, -0.2) is 4.98 Å². The number of furan rings is 1. The molecule has 2 N–H and O–H groups in total. The molecule has 0 fully saturated rings. The van der Waals surface area contributed by atoms with E-state index in [0.717, 1.165) is 17.1 Å². The third-order valence-electron chi connectivity index (χ3n) is 2.43. The molecule has 2 rings (SSSR count). The summed E-state index contributed by atoms with van der Waals surface area (Å²) in [5, 5.41) is 6.97. The van der Waals surface area contributed by atoms with Gasteiger partial charge in [0, 0.05) is 6.20 Å². The Morgan fingerprint density at radius 2 is 2.21 bits per heavy atom. The van der Waals surface area contributed by atoms with E-state index in [1.54, 1.807) is 6.20 Å². The fourth-order valence-corrected chi connectivity index (χ4v) is 1.96. The molecular formula is C13H14ClN3OS. The lowest BCUT2D eigenvalue weighted by Crippen LogP contribution is -2.28. The van der Waals surface area contributed by atoms with Crippen LogP contribution in [0.15, 0.2) is 28.8 Å². The molecule has 2 heterocycles. The second-order valence-corrected chi connectivity index (χ2v) is 4.98. The van der Waals surface area contributed by atoms with Crippen molar-refractivity contribution in [3.8, 4) is 0 Å². The normalized spacial score (nSPS) is 10.3. The molecule has 0 saturated carbocycles. The van der Waals surface area contributed by atoms with Crippen molar-refractivity contribution >= 4 is 34.7 Å². The maximum Gasteiger partial charge on any atom is 0.172 e. The van der Waals surface area contributed by atoms with E-state index in [-0.39, 0.29) is 0 Å². The van der Waals surface area contributed by atoms with E-state index in [4.69, 9.17) is 28.2 Å². The monoisotopic (exact) mass is 295 g/mol. The third kappa shape index (κ3) is 3.94. The largest absolute Gasteiger partial charge is 0.465 e. The highest BCUT2D eigenvalue weighted by Gasteiger charge is 2.05. The zero-order valence-corrected chi connectivity index (χ0v) is 12.2. The first kappa shape index (κ1) is 13.8. The van der Waals surface area contributed by atoms with Crippen molar-refractivity contribution < 1.29 is 4.42 Å². The fourth-order valence-electron chi connectivity index (χ4n) is 1.52.